The number of nitrogen functional groups attached to an aromatic ring is 1. The molecule has 0 radical (unpaired) electrons. The molecule has 6 nitrogen and oxygen atoms in total. The second-order valence-corrected chi connectivity index (χ2v) is 8.32. The van der Waals surface area contributed by atoms with Gasteiger partial charge in [0, 0.05) is 23.3 Å². The van der Waals surface area contributed by atoms with Crippen LogP contribution in [0.25, 0.3) is 44.6 Å². The number of ether oxygens (including phenoxy) is 1. The van der Waals surface area contributed by atoms with Gasteiger partial charge in [-0.1, -0.05) is 24.3 Å². The van der Waals surface area contributed by atoms with E-state index in [1.807, 2.05) is 24.3 Å². The first-order chi connectivity index (χ1) is 17.5. The molecule has 0 unspecified atom stereocenters. The topological polar surface area (TPSA) is 95.7 Å². The average molecular weight is 473 g/mol. The lowest BCUT2D eigenvalue weighted by atomic mass is 10.1. The fourth-order valence-electron chi connectivity index (χ4n) is 4.10. The van der Waals surface area contributed by atoms with Gasteiger partial charge in [-0.25, -0.2) is 0 Å². The maximum atomic E-state index is 12.4. The molecule has 174 valence electrons. The minimum atomic E-state index is -0.118. The van der Waals surface area contributed by atoms with Crippen LogP contribution in [-0.4, -0.2) is 0 Å². The van der Waals surface area contributed by atoms with E-state index in [0.717, 1.165) is 5.56 Å². The fourth-order valence-corrected chi connectivity index (χ4v) is 4.10. The van der Waals surface area contributed by atoms with Gasteiger partial charge in [0.1, 0.15) is 34.2 Å². The normalized spacial score (nSPS) is 11.1. The summed E-state index contributed by atoms with van der Waals surface area (Å²) in [7, 11) is 0. The van der Waals surface area contributed by atoms with E-state index in [1.165, 1.54) is 12.1 Å². The maximum Gasteiger partial charge on any atom is 0.193 e. The number of hydrogen-bond acceptors (Lipinski definition) is 6. The zero-order chi connectivity index (χ0) is 24.6. The van der Waals surface area contributed by atoms with Crippen molar-refractivity contribution < 1.29 is 13.6 Å². The summed E-state index contributed by atoms with van der Waals surface area (Å²) in [6.07, 6.45) is 0. The highest BCUT2D eigenvalue weighted by molar-refractivity contribution is 5.80. The predicted octanol–water partition coefficient (Wildman–Crippen LogP) is 6.61. The SMILES string of the molecule is Nc1cc(-c2cc(=O)c3ccccc3o2)ccc1Oc1ccc(-c2cc(=O)c3ccccc3o2)cc1. The average Bonchev–Trinajstić information content (AvgIpc) is 2.90. The van der Waals surface area contributed by atoms with Gasteiger partial charge in [0.15, 0.2) is 10.9 Å². The van der Waals surface area contributed by atoms with Gasteiger partial charge in [-0.05, 0) is 66.7 Å². The number of fused-ring (bicyclic) bond motifs is 2. The van der Waals surface area contributed by atoms with Gasteiger partial charge in [-0.3, -0.25) is 9.59 Å². The monoisotopic (exact) mass is 473 g/mol. The Labute approximate surface area is 204 Å². The molecule has 36 heavy (non-hydrogen) atoms. The van der Waals surface area contributed by atoms with Gasteiger partial charge >= 0.3 is 0 Å². The summed E-state index contributed by atoms with van der Waals surface area (Å²) < 4.78 is 17.8. The maximum absolute atomic E-state index is 12.4. The van der Waals surface area contributed by atoms with Crippen molar-refractivity contribution in [3.63, 3.8) is 0 Å². The van der Waals surface area contributed by atoms with E-state index in [-0.39, 0.29) is 10.9 Å². The standard InChI is InChI=1S/C30H19NO5/c31-23-15-19(30-17-25(33)22-6-2-4-8-27(22)36-30)11-14-28(23)34-20-12-9-18(10-13-20)29-16-24(32)21-5-1-3-7-26(21)35-29/h1-17H,31H2. The highest BCUT2D eigenvalue weighted by Crippen LogP contribution is 2.33. The van der Waals surface area contributed by atoms with Crippen molar-refractivity contribution in [2.45, 2.75) is 0 Å². The van der Waals surface area contributed by atoms with Gasteiger partial charge in [0.2, 0.25) is 0 Å². The van der Waals surface area contributed by atoms with Crippen LogP contribution in [0.2, 0.25) is 0 Å². The third kappa shape index (κ3) is 3.91. The minimum Gasteiger partial charge on any atom is -0.456 e. The largest absolute Gasteiger partial charge is 0.456 e. The third-order valence-corrected chi connectivity index (χ3v) is 5.93. The molecule has 0 aliphatic carbocycles. The summed E-state index contributed by atoms with van der Waals surface area (Å²) in [6.45, 7) is 0. The summed E-state index contributed by atoms with van der Waals surface area (Å²) in [6, 6.07) is 29.6. The second kappa shape index (κ2) is 8.60. The number of anilines is 1. The van der Waals surface area contributed by atoms with Crippen molar-refractivity contribution in [3.8, 4) is 34.1 Å². The Hall–Kier alpha value is -5.10. The van der Waals surface area contributed by atoms with E-state index in [0.29, 0.717) is 56.2 Å². The van der Waals surface area contributed by atoms with Crippen molar-refractivity contribution in [2.24, 2.45) is 0 Å². The van der Waals surface area contributed by atoms with E-state index in [1.54, 1.807) is 66.7 Å². The lowest BCUT2D eigenvalue weighted by Gasteiger charge is -2.11. The molecule has 0 saturated carbocycles. The fraction of sp³-hybridized carbons (Fsp3) is 0. The van der Waals surface area contributed by atoms with Crippen LogP contribution in [-0.2, 0) is 0 Å². The Balaban J connectivity index is 1.26. The highest BCUT2D eigenvalue weighted by atomic mass is 16.5. The van der Waals surface area contributed by atoms with Crippen molar-refractivity contribution in [1.82, 2.24) is 0 Å². The third-order valence-electron chi connectivity index (χ3n) is 5.93. The first-order valence-corrected chi connectivity index (χ1v) is 11.3. The molecular formula is C30H19NO5. The van der Waals surface area contributed by atoms with Crippen LogP contribution in [0.3, 0.4) is 0 Å². The van der Waals surface area contributed by atoms with E-state index >= 15 is 0 Å². The first kappa shape index (κ1) is 21.4. The number of para-hydroxylation sites is 2. The number of nitrogens with two attached hydrogens (primary N) is 1. The molecule has 0 atom stereocenters. The molecule has 2 N–H and O–H groups in total. The minimum absolute atomic E-state index is 0.0951. The molecule has 0 aliphatic rings. The van der Waals surface area contributed by atoms with Crippen LogP contribution >= 0.6 is 0 Å². The molecule has 2 heterocycles. The smallest absolute Gasteiger partial charge is 0.193 e. The second-order valence-electron chi connectivity index (χ2n) is 8.32. The van der Waals surface area contributed by atoms with Crippen molar-refractivity contribution in [3.05, 3.63) is 124 Å². The summed E-state index contributed by atoms with van der Waals surface area (Å²) in [4.78, 5) is 24.8. The predicted molar refractivity (Wildman–Crippen MR) is 140 cm³/mol. The lowest BCUT2D eigenvalue weighted by molar-refractivity contribution is 0.485. The van der Waals surface area contributed by atoms with Gasteiger partial charge in [0.05, 0.1) is 16.5 Å². The Bertz CT molecular complexity index is 1870. The number of hydrogen-bond donors (Lipinski definition) is 1. The molecule has 6 aromatic rings. The molecule has 0 aliphatic heterocycles. The molecular weight excluding hydrogens is 454 g/mol. The zero-order valence-electron chi connectivity index (χ0n) is 18.9. The quantitative estimate of drug-likeness (QED) is 0.290. The molecule has 0 amide bonds. The molecule has 0 fully saturated rings. The van der Waals surface area contributed by atoms with Crippen LogP contribution in [0.4, 0.5) is 5.69 Å². The Morgan fingerprint density at radius 3 is 1.69 bits per heavy atom. The molecule has 0 bridgehead atoms. The first-order valence-electron chi connectivity index (χ1n) is 11.3. The Kier molecular flexibility index (Phi) is 5.12. The summed E-state index contributed by atoms with van der Waals surface area (Å²) in [5.41, 5.74) is 8.91. The summed E-state index contributed by atoms with van der Waals surface area (Å²) in [5.74, 6) is 1.94. The van der Waals surface area contributed by atoms with Crippen molar-refractivity contribution in [1.29, 1.82) is 0 Å². The van der Waals surface area contributed by atoms with Crippen molar-refractivity contribution in [2.75, 3.05) is 5.73 Å². The zero-order valence-corrected chi connectivity index (χ0v) is 18.9. The number of rotatable bonds is 4. The highest BCUT2D eigenvalue weighted by Gasteiger charge is 2.11. The Morgan fingerprint density at radius 1 is 0.583 bits per heavy atom. The number of benzene rings is 4. The molecule has 0 saturated heterocycles. The lowest BCUT2D eigenvalue weighted by Crippen LogP contribution is -2.00. The van der Waals surface area contributed by atoms with Crippen LogP contribution in [0.15, 0.2) is 122 Å². The molecule has 2 aromatic heterocycles. The molecule has 0 spiro atoms. The van der Waals surface area contributed by atoms with E-state index in [4.69, 9.17) is 19.3 Å². The summed E-state index contributed by atoms with van der Waals surface area (Å²) in [5, 5.41) is 1.07. The van der Waals surface area contributed by atoms with Crippen LogP contribution in [0.1, 0.15) is 0 Å². The van der Waals surface area contributed by atoms with Crippen molar-refractivity contribution >= 4 is 27.6 Å². The van der Waals surface area contributed by atoms with Gasteiger partial charge in [-0.2, -0.15) is 0 Å². The van der Waals surface area contributed by atoms with E-state index in [2.05, 4.69) is 0 Å². The van der Waals surface area contributed by atoms with Crippen LogP contribution in [0, 0.1) is 0 Å². The van der Waals surface area contributed by atoms with Crippen LogP contribution < -0.4 is 21.3 Å². The van der Waals surface area contributed by atoms with Gasteiger partial charge in [-0.15, -0.1) is 0 Å². The van der Waals surface area contributed by atoms with Gasteiger partial charge < -0.3 is 19.3 Å². The Morgan fingerprint density at radius 2 is 1.11 bits per heavy atom. The van der Waals surface area contributed by atoms with E-state index < -0.39 is 0 Å². The van der Waals surface area contributed by atoms with E-state index in [9.17, 15) is 9.59 Å². The molecule has 4 aromatic carbocycles. The molecule has 6 rings (SSSR count). The summed E-state index contributed by atoms with van der Waals surface area (Å²) >= 11 is 0. The van der Waals surface area contributed by atoms with Gasteiger partial charge in [0.25, 0.3) is 0 Å². The van der Waals surface area contributed by atoms with Crippen LogP contribution in [0.5, 0.6) is 11.5 Å². The molecule has 6 heteroatoms.